The van der Waals surface area contributed by atoms with Gasteiger partial charge in [0.05, 0.1) is 15.7 Å². The molecule has 1 amide bonds. The summed E-state index contributed by atoms with van der Waals surface area (Å²) in [5, 5.41) is 6.66. The molecule has 0 aliphatic rings. The summed E-state index contributed by atoms with van der Waals surface area (Å²) in [6.45, 7) is 2.85. The summed E-state index contributed by atoms with van der Waals surface area (Å²) in [5.74, 6) is -0.225. The van der Waals surface area contributed by atoms with E-state index >= 15 is 0 Å². The van der Waals surface area contributed by atoms with Crippen LogP contribution in [-0.4, -0.2) is 12.5 Å². The van der Waals surface area contributed by atoms with Gasteiger partial charge in [-0.2, -0.15) is 0 Å². The quantitative estimate of drug-likeness (QED) is 0.861. The Hall–Kier alpha value is -1.71. The zero-order valence-corrected chi connectivity index (χ0v) is 12.4. The Morgan fingerprint density at radius 3 is 2.45 bits per heavy atom. The molecule has 104 valence electrons. The van der Waals surface area contributed by atoms with Gasteiger partial charge in [0, 0.05) is 17.8 Å². The Morgan fingerprint density at radius 2 is 1.80 bits per heavy atom. The van der Waals surface area contributed by atoms with Crippen LogP contribution in [0.15, 0.2) is 42.5 Å². The molecule has 0 heterocycles. The molecule has 0 bridgehead atoms. The highest BCUT2D eigenvalue weighted by molar-refractivity contribution is 6.44. The molecule has 0 spiro atoms. The lowest BCUT2D eigenvalue weighted by molar-refractivity contribution is 0.102. The van der Waals surface area contributed by atoms with Gasteiger partial charge in [-0.25, -0.2) is 0 Å². The number of hydrogen-bond acceptors (Lipinski definition) is 2. The molecule has 2 N–H and O–H groups in total. The molecule has 0 atom stereocenters. The van der Waals surface area contributed by atoms with Gasteiger partial charge in [-0.05, 0) is 43.3 Å². The molecule has 20 heavy (non-hydrogen) atoms. The van der Waals surface area contributed by atoms with Crippen molar-refractivity contribution < 1.29 is 4.79 Å². The lowest BCUT2D eigenvalue weighted by Gasteiger charge is -2.09. The molecule has 0 aliphatic carbocycles. The van der Waals surface area contributed by atoms with E-state index in [1.807, 2.05) is 19.1 Å². The summed E-state index contributed by atoms with van der Waals surface area (Å²) in [4.78, 5) is 12.1. The molecule has 0 unspecified atom stereocenters. The van der Waals surface area contributed by atoms with Crippen LogP contribution in [0.5, 0.6) is 0 Å². The largest absolute Gasteiger partial charge is 0.385 e. The summed E-state index contributed by atoms with van der Waals surface area (Å²) >= 11 is 11.9. The van der Waals surface area contributed by atoms with Crippen LogP contribution < -0.4 is 10.6 Å². The fourth-order valence-electron chi connectivity index (χ4n) is 1.74. The third kappa shape index (κ3) is 3.44. The van der Waals surface area contributed by atoms with Gasteiger partial charge in [0.1, 0.15) is 0 Å². The highest BCUT2D eigenvalue weighted by atomic mass is 35.5. The van der Waals surface area contributed by atoms with Crippen LogP contribution in [0.3, 0.4) is 0 Å². The van der Waals surface area contributed by atoms with Gasteiger partial charge >= 0.3 is 0 Å². The Bertz CT molecular complexity index is 612. The fourth-order valence-corrected chi connectivity index (χ4v) is 2.09. The molecule has 0 saturated heterocycles. The van der Waals surface area contributed by atoms with Crippen molar-refractivity contribution in [3.05, 3.63) is 58.1 Å². The van der Waals surface area contributed by atoms with Gasteiger partial charge in [0.25, 0.3) is 5.91 Å². The third-order valence-electron chi connectivity index (χ3n) is 2.73. The van der Waals surface area contributed by atoms with Crippen molar-refractivity contribution >= 4 is 40.5 Å². The van der Waals surface area contributed by atoms with E-state index in [-0.39, 0.29) is 5.91 Å². The molecule has 0 aromatic heterocycles. The van der Waals surface area contributed by atoms with Crippen LogP contribution in [0.2, 0.25) is 10.0 Å². The maximum absolute atomic E-state index is 12.1. The topological polar surface area (TPSA) is 41.1 Å². The number of amides is 1. The molecule has 3 nitrogen and oxygen atoms in total. The van der Waals surface area contributed by atoms with Crippen LogP contribution in [0.25, 0.3) is 0 Å². The zero-order chi connectivity index (χ0) is 14.5. The number of halogens is 2. The fraction of sp³-hybridized carbons (Fsp3) is 0.133. The van der Waals surface area contributed by atoms with E-state index in [0.717, 1.165) is 12.2 Å². The highest BCUT2D eigenvalue weighted by Crippen LogP contribution is 2.29. The van der Waals surface area contributed by atoms with Crippen molar-refractivity contribution in [2.45, 2.75) is 6.92 Å². The Labute approximate surface area is 127 Å². The molecular formula is C15H14Cl2N2O. The SMILES string of the molecule is CCNc1ccc(C(=O)Nc2cccc(Cl)c2Cl)cc1. The van der Waals surface area contributed by atoms with Gasteiger partial charge < -0.3 is 10.6 Å². The molecular weight excluding hydrogens is 295 g/mol. The first-order valence-electron chi connectivity index (χ1n) is 6.21. The number of rotatable bonds is 4. The summed E-state index contributed by atoms with van der Waals surface area (Å²) in [5.41, 5.74) is 2.03. The molecule has 0 aliphatic heterocycles. The van der Waals surface area contributed by atoms with Crippen molar-refractivity contribution in [2.75, 3.05) is 17.2 Å². The first-order valence-corrected chi connectivity index (χ1v) is 6.96. The monoisotopic (exact) mass is 308 g/mol. The van der Waals surface area contributed by atoms with Crippen LogP contribution >= 0.6 is 23.2 Å². The van der Waals surface area contributed by atoms with E-state index in [2.05, 4.69) is 10.6 Å². The predicted octanol–water partition coefficient (Wildman–Crippen LogP) is 4.68. The van der Waals surface area contributed by atoms with Crippen molar-refractivity contribution in [3.63, 3.8) is 0 Å². The van der Waals surface area contributed by atoms with Crippen molar-refractivity contribution in [1.82, 2.24) is 0 Å². The minimum Gasteiger partial charge on any atom is -0.385 e. The van der Waals surface area contributed by atoms with Crippen LogP contribution in [0.1, 0.15) is 17.3 Å². The van der Waals surface area contributed by atoms with E-state index < -0.39 is 0 Å². The summed E-state index contributed by atoms with van der Waals surface area (Å²) < 4.78 is 0. The third-order valence-corrected chi connectivity index (χ3v) is 3.55. The van der Waals surface area contributed by atoms with E-state index in [1.54, 1.807) is 30.3 Å². The van der Waals surface area contributed by atoms with E-state index in [9.17, 15) is 4.79 Å². The number of nitrogens with one attached hydrogen (secondary N) is 2. The number of anilines is 2. The Morgan fingerprint density at radius 1 is 1.10 bits per heavy atom. The van der Waals surface area contributed by atoms with E-state index in [4.69, 9.17) is 23.2 Å². The van der Waals surface area contributed by atoms with Gasteiger partial charge in [-0.3, -0.25) is 4.79 Å². The van der Waals surface area contributed by atoms with E-state index in [0.29, 0.717) is 21.3 Å². The number of hydrogen-bond donors (Lipinski definition) is 2. The summed E-state index contributed by atoms with van der Waals surface area (Å²) in [6, 6.07) is 12.3. The van der Waals surface area contributed by atoms with Crippen molar-refractivity contribution in [1.29, 1.82) is 0 Å². The predicted molar refractivity (Wildman–Crippen MR) is 85.0 cm³/mol. The van der Waals surface area contributed by atoms with Crippen LogP contribution in [0, 0.1) is 0 Å². The van der Waals surface area contributed by atoms with Gasteiger partial charge in [0.2, 0.25) is 0 Å². The second-order valence-corrected chi connectivity index (χ2v) is 4.95. The zero-order valence-electron chi connectivity index (χ0n) is 10.9. The average molecular weight is 309 g/mol. The van der Waals surface area contributed by atoms with Gasteiger partial charge in [-0.1, -0.05) is 29.3 Å². The molecule has 0 radical (unpaired) electrons. The maximum atomic E-state index is 12.1. The number of carbonyl (C=O) groups is 1. The first-order chi connectivity index (χ1) is 9.61. The van der Waals surface area contributed by atoms with Crippen molar-refractivity contribution in [3.8, 4) is 0 Å². The Balaban J connectivity index is 2.13. The standard InChI is InChI=1S/C15H14Cl2N2O/c1-2-18-11-8-6-10(7-9-11)15(20)19-13-5-3-4-12(16)14(13)17/h3-9,18H,2H2,1H3,(H,19,20). The number of carbonyl (C=O) groups excluding carboxylic acids is 1. The molecule has 2 aromatic rings. The van der Waals surface area contributed by atoms with Crippen LogP contribution in [-0.2, 0) is 0 Å². The van der Waals surface area contributed by atoms with Gasteiger partial charge in [-0.15, -0.1) is 0 Å². The van der Waals surface area contributed by atoms with Crippen LogP contribution in [0.4, 0.5) is 11.4 Å². The summed E-state index contributed by atoms with van der Waals surface area (Å²) in [6.07, 6.45) is 0. The first kappa shape index (κ1) is 14.7. The lowest BCUT2D eigenvalue weighted by atomic mass is 10.2. The van der Waals surface area contributed by atoms with Crippen molar-refractivity contribution in [2.24, 2.45) is 0 Å². The smallest absolute Gasteiger partial charge is 0.255 e. The van der Waals surface area contributed by atoms with E-state index in [1.165, 1.54) is 0 Å². The molecule has 2 rings (SSSR count). The molecule has 2 aromatic carbocycles. The second-order valence-electron chi connectivity index (χ2n) is 4.16. The molecule has 5 heteroatoms. The lowest BCUT2D eigenvalue weighted by Crippen LogP contribution is -2.12. The second kappa shape index (κ2) is 6.64. The minimum absolute atomic E-state index is 0.225. The highest BCUT2D eigenvalue weighted by Gasteiger charge is 2.10. The average Bonchev–Trinajstić information content (AvgIpc) is 2.45. The minimum atomic E-state index is -0.225. The molecule has 0 fully saturated rings. The number of benzene rings is 2. The molecule has 0 saturated carbocycles. The summed E-state index contributed by atoms with van der Waals surface area (Å²) in [7, 11) is 0. The maximum Gasteiger partial charge on any atom is 0.255 e. The Kier molecular flexibility index (Phi) is 4.88. The normalized spacial score (nSPS) is 10.2. The van der Waals surface area contributed by atoms with Gasteiger partial charge in [0.15, 0.2) is 0 Å².